The van der Waals surface area contributed by atoms with Gasteiger partial charge in [0.25, 0.3) is 0 Å². The van der Waals surface area contributed by atoms with Crippen molar-refractivity contribution in [3.63, 3.8) is 0 Å². The van der Waals surface area contributed by atoms with Gasteiger partial charge in [-0.25, -0.2) is 0 Å². The van der Waals surface area contributed by atoms with Gasteiger partial charge in [-0.1, -0.05) is 0 Å². The summed E-state index contributed by atoms with van der Waals surface area (Å²) in [5.74, 6) is 0.876. The van der Waals surface area contributed by atoms with Gasteiger partial charge in [-0.2, -0.15) is 0 Å². The molecule has 0 bridgehead atoms. The number of hydrogen-bond acceptors (Lipinski definition) is 5. The van der Waals surface area contributed by atoms with Crippen LogP contribution in [0.15, 0.2) is 17.1 Å². The Balaban J connectivity index is 0.00000280. The van der Waals surface area contributed by atoms with Crippen molar-refractivity contribution in [1.29, 1.82) is 0 Å². The van der Waals surface area contributed by atoms with Gasteiger partial charge >= 0.3 is 0 Å². The fourth-order valence-electron chi connectivity index (χ4n) is 3.67. The number of thiophene rings is 1. The summed E-state index contributed by atoms with van der Waals surface area (Å²) in [6, 6.07) is 4.82. The maximum Gasteiger partial charge on any atom is 0.191 e. The number of halogens is 1. The molecule has 0 radical (unpaired) electrons. The molecule has 2 fully saturated rings. The van der Waals surface area contributed by atoms with E-state index in [4.69, 9.17) is 14.5 Å². The zero-order chi connectivity index (χ0) is 19.1. The van der Waals surface area contributed by atoms with E-state index >= 15 is 0 Å². The highest BCUT2D eigenvalue weighted by atomic mass is 127. The number of aryl methyl sites for hydroxylation is 1. The highest BCUT2D eigenvalue weighted by Gasteiger charge is 2.29. The number of ether oxygens (including phenoxy) is 2. The summed E-state index contributed by atoms with van der Waals surface area (Å²) in [4.78, 5) is 10.1. The normalized spacial score (nSPS) is 24.6. The molecule has 0 aromatic carbocycles. The molecule has 0 spiro atoms. The quantitative estimate of drug-likeness (QED) is 0.328. The van der Waals surface area contributed by atoms with Crippen LogP contribution in [0.25, 0.3) is 0 Å². The first kappa shape index (κ1) is 23.9. The van der Waals surface area contributed by atoms with Crippen molar-refractivity contribution in [3.8, 4) is 0 Å². The van der Waals surface area contributed by atoms with Gasteiger partial charge in [0.2, 0.25) is 0 Å². The molecule has 3 rings (SSSR count). The van der Waals surface area contributed by atoms with Gasteiger partial charge in [0.05, 0.1) is 31.4 Å². The van der Waals surface area contributed by atoms with Crippen molar-refractivity contribution in [2.75, 3.05) is 52.5 Å². The summed E-state index contributed by atoms with van der Waals surface area (Å²) in [7, 11) is 0. The molecule has 8 heteroatoms. The first-order valence-electron chi connectivity index (χ1n) is 10.1. The van der Waals surface area contributed by atoms with E-state index in [0.717, 1.165) is 64.8 Å². The number of hydrogen-bond donors (Lipinski definition) is 2. The lowest BCUT2D eigenvalue weighted by molar-refractivity contribution is 0.0176. The summed E-state index contributed by atoms with van der Waals surface area (Å²) in [5, 5.41) is 6.96. The molecular formula is C20H35IN4O2S. The maximum atomic E-state index is 5.88. The molecule has 6 nitrogen and oxygen atoms in total. The second-order valence-corrected chi connectivity index (χ2v) is 8.91. The molecule has 2 N–H and O–H groups in total. The Labute approximate surface area is 190 Å². The first-order chi connectivity index (χ1) is 13.1. The largest absolute Gasteiger partial charge is 0.379 e. The topological polar surface area (TPSA) is 58.1 Å². The average molecular weight is 522 g/mol. The molecule has 2 aliphatic rings. The zero-order valence-corrected chi connectivity index (χ0v) is 20.5. The minimum atomic E-state index is -0.114. The molecule has 2 unspecified atom stereocenters. The Kier molecular flexibility index (Phi) is 9.96. The molecule has 0 saturated carbocycles. The standard InChI is InChI=1S/C20H34N4O2S.HI/c1-4-21-19(23-15-20(3)8-5-11-26-20)22-14-17(18-7-6-16(2)27-18)24-9-12-25-13-10-24;/h6-7,17H,4-5,8-15H2,1-3H3,(H2,21,22,23);1H. The van der Waals surface area contributed by atoms with Gasteiger partial charge in [-0.05, 0) is 45.7 Å². The smallest absolute Gasteiger partial charge is 0.191 e. The third-order valence-corrected chi connectivity index (χ3v) is 6.36. The van der Waals surface area contributed by atoms with Gasteiger partial charge in [0.15, 0.2) is 5.96 Å². The number of nitrogens with zero attached hydrogens (tertiary/aromatic N) is 2. The van der Waals surface area contributed by atoms with Crippen molar-refractivity contribution in [3.05, 3.63) is 21.9 Å². The van der Waals surface area contributed by atoms with Crippen molar-refractivity contribution in [1.82, 2.24) is 15.5 Å². The lowest BCUT2D eigenvalue weighted by Crippen LogP contribution is -2.46. The Morgan fingerprint density at radius 2 is 2.07 bits per heavy atom. The number of guanidine groups is 1. The highest BCUT2D eigenvalue weighted by Crippen LogP contribution is 2.28. The third kappa shape index (κ3) is 6.83. The van der Waals surface area contributed by atoms with Gasteiger partial charge in [0, 0.05) is 42.5 Å². The first-order valence-corrected chi connectivity index (χ1v) is 11.0. The van der Waals surface area contributed by atoms with Crippen LogP contribution in [-0.4, -0.2) is 69.0 Å². The van der Waals surface area contributed by atoms with Crippen LogP contribution >= 0.6 is 35.3 Å². The summed E-state index contributed by atoms with van der Waals surface area (Å²) in [5.41, 5.74) is -0.114. The number of rotatable bonds is 7. The van der Waals surface area contributed by atoms with E-state index in [1.54, 1.807) is 0 Å². The van der Waals surface area contributed by atoms with Gasteiger partial charge in [0.1, 0.15) is 0 Å². The highest BCUT2D eigenvalue weighted by molar-refractivity contribution is 14.0. The molecule has 2 saturated heterocycles. The predicted octanol–water partition coefficient (Wildman–Crippen LogP) is 3.17. The molecule has 2 aliphatic heterocycles. The Bertz CT molecular complexity index is 613. The maximum absolute atomic E-state index is 5.88. The lowest BCUT2D eigenvalue weighted by Gasteiger charge is -2.34. The number of morpholine rings is 1. The van der Waals surface area contributed by atoms with E-state index in [9.17, 15) is 0 Å². The average Bonchev–Trinajstić information content (AvgIpc) is 3.30. The second kappa shape index (κ2) is 11.7. The van der Waals surface area contributed by atoms with Crippen LogP contribution in [0.5, 0.6) is 0 Å². The minimum Gasteiger partial charge on any atom is -0.379 e. The zero-order valence-electron chi connectivity index (χ0n) is 17.3. The van der Waals surface area contributed by atoms with Crippen LogP contribution in [0.1, 0.15) is 42.5 Å². The van der Waals surface area contributed by atoms with Crippen LogP contribution < -0.4 is 10.6 Å². The molecule has 1 aromatic heterocycles. The van der Waals surface area contributed by atoms with E-state index in [-0.39, 0.29) is 29.6 Å². The molecule has 0 amide bonds. The number of aliphatic imine (C=N–C) groups is 1. The fraction of sp³-hybridized carbons (Fsp3) is 0.750. The van der Waals surface area contributed by atoms with E-state index in [2.05, 4.69) is 48.4 Å². The monoisotopic (exact) mass is 522 g/mol. The summed E-state index contributed by atoms with van der Waals surface area (Å²) in [6.07, 6.45) is 2.22. The van der Waals surface area contributed by atoms with Gasteiger partial charge in [-0.3, -0.25) is 9.89 Å². The lowest BCUT2D eigenvalue weighted by atomic mass is 10.0. The van der Waals surface area contributed by atoms with Crippen molar-refractivity contribution in [2.24, 2.45) is 4.99 Å². The third-order valence-electron chi connectivity index (χ3n) is 5.26. The van der Waals surface area contributed by atoms with E-state index in [1.807, 2.05) is 11.3 Å². The minimum absolute atomic E-state index is 0. The van der Waals surface area contributed by atoms with Gasteiger partial charge < -0.3 is 20.1 Å². The molecule has 2 atom stereocenters. The van der Waals surface area contributed by atoms with Gasteiger partial charge in [-0.15, -0.1) is 35.3 Å². The Morgan fingerprint density at radius 1 is 1.29 bits per heavy atom. The predicted molar refractivity (Wildman–Crippen MR) is 127 cm³/mol. The Morgan fingerprint density at radius 3 is 2.68 bits per heavy atom. The molecule has 0 aliphatic carbocycles. The second-order valence-electron chi connectivity index (χ2n) is 7.59. The molecule has 160 valence electrons. The van der Waals surface area contributed by atoms with Crippen molar-refractivity contribution >= 4 is 41.3 Å². The fourth-order valence-corrected chi connectivity index (χ4v) is 4.69. The van der Waals surface area contributed by atoms with E-state index in [0.29, 0.717) is 12.6 Å². The molecule has 1 aromatic rings. The Hall–Kier alpha value is -0.420. The van der Waals surface area contributed by atoms with Crippen LogP contribution in [-0.2, 0) is 9.47 Å². The van der Waals surface area contributed by atoms with Crippen molar-refractivity contribution < 1.29 is 9.47 Å². The molecule has 28 heavy (non-hydrogen) atoms. The van der Waals surface area contributed by atoms with Crippen LogP contribution in [0.2, 0.25) is 0 Å². The SMILES string of the molecule is CCNC(=NCC1(C)CCCO1)NCC(c1ccc(C)s1)N1CCOCC1.I. The van der Waals surface area contributed by atoms with Crippen LogP contribution in [0.4, 0.5) is 0 Å². The van der Waals surface area contributed by atoms with E-state index in [1.165, 1.54) is 9.75 Å². The molecular weight excluding hydrogens is 487 g/mol. The summed E-state index contributed by atoms with van der Waals surface area (Å²) >= 11 is 1.88. The summed E-state index contributed by atoms with van der Waals surface area (Å²) in [6.45, 7) is 13.3. The van der Waals surface area contributed by atoms with Crippen molar-refractivity contribution in [2.45, 2.75) is 45.3 Å². The molecule has 3 heterocycles. The summed E-state index contributed by atoms with van der Waals surface area (Å²) < 4.78 is 11.4. The number of nitrogens with one attached hydrogen (secondary N) is 2. The van der Waals surface area contributed by atoms with Crippen LogP contribution in [0.3, 0.4) is 0 Å². The van der Waals surface area contributed by atoms with E-state index < -0.39 is 0 Å². The van der Waals surface area contributed by atoms with Crippen LogP contribution in [0, 0.1) is 6.92 Å².